The first-order chi connectivity index (χ1) is 9.97. The van der Waals surface area contributed by atoms with E-state index in [0.29, 0.717) is 16.3 Å². The third-order valence-corrected chi connectivity index (χ3v) is 3.37. The minimum Gasteiger partial charge on any atom is -0.478 e. The Morgan fingerprint density at radius 2 is 1.52 bits per heavy atom. The quantitative estimate of drug-likeness (QED) is 0.753. The maximum Gasteiger partial charge on any atom is 0.335 e. The van der Waals surface area contributed by atoms with Crippen LogP contribution in [0.4, 0.5) is 5.69 Å². The minimum absolute atomic E-state index is 0.163. The fraction of sp³-hybridized carbons (Fsp3) is 0. The van der Waals surface area contributed by atoms with E-state index >= 15 is 0 Å². The molecule has 0 aliphatic carbocycles. The van der Waals surface area contributed by atoms with Crippen molar-refractivity contribution in [3.8, 4) is 0 Å². The number of hydrogen-bond donors (Lipinski definition) is 3. The lowest BCUT2D eigenvalue weighted by atomic mass is 10.2. The molecule has 3 N–H and O–H groups in total. The number of aromatic carboxylic acids is 1. The fourth-order valence-corrected chi connectivity index (χ4v) is 1.83. The van der Waals surface area contributed by atoms with Gasteiger partial charge in [-0.15, -0.1) is 0 Å². The number of carbonyl (C=O) groups excluding carboxylic acids is 1. The van der Waals surface area contributed by atoms with E-state index in [2.05, 4.69) is 10.9 Å². The van der Waals surface area contributed by atoms with Crippen LogP contribution in [0.15, 0.2) is 42.5 Å². The van der Waals surface area contributed by atoms with E-state index in [9.17, 15) is 9.59 Å². The van der Waals surface area contributed by atoms with Crippen molar-refractivity contribution in [1.29, 1.82) is 0 Å². The van der Waals surface area contributed by atoms with Gasteiger partial charge in [0.2, 0.25) is 0 Å². The van der Waals surface area contributed by atoms with Crippen molar-refractivity contribution in [2.75, 3.05) is 5.43 Å². The maximum absolute atomic E-state index is 11.9. The monoisotopic (exact) mass is 324 g/mol. The summed E-state index contributed by atoms with van der Waals surface area (Å²) >= 11 is 11.6. The summed E-state index contributed by atoms with van der Waals surface area (Å²) in [6, 6.07) is 10.5. The van der Waals surface area contributed by atoms with Crippen LogP contribution in [0.2, 0.25) is 10.0 Å². The number of benzene rings is 2. The predicted molar refractivity (Wildman–Crippen MR) is 81.0 cm³/mol. The molecule has 0 saturated carbocycles. The molecule has 0 bridgehead atoms. The molecule has 1 amide bonds. The number of hydrogen-bond acceptors (Lipinski definition) is 3. The van der Waals surface area contributed by atoms with Crippen LogP contribution in [0.25, 0.3) is 0 Å². The molecule has 0 aliphatic rings. The first-order valence-corrected chi connectivity index (χ1v) is 6.58. The number of anilines is 1. The molecule has 2 aromatic carbocycles. The Labute approximate surface area is 130 Å². The largest absolute Gasteiger partial charge is 0.478 e. The van der Waals surface area contributed by atoms with Gasteiger partial charge < -0.3 is 5.11 Å². The number of nitrogens with one attached hydrogen (secondary N) is 2. The molecule has 0 unspecified atom stereocenters. The molecule has 108 valence electrons. The molecule has 0 fully saturated rings. The predicted octanol–water partition coefficient (Wildman–Crippen LogP) is 3.45. The van der Waals surface area contributed by atoms with Crippen LogP contribution < -0.4 is 10.9 Å². The molecule has 0 heterocycles. The number of halogens is 2. The van der Waals surface area contributed by atoms with Crippen LogP contribution >= 0.6 is 23.2 Å². The van der Waals surface area contributed by atoms with E-state index in [1.165, 1.54) is 24.3 Å². The Balaban J connectivity index is 2.00. The molecule has 21 heavy (non-hydrogen) atoms. The second kappa shape index (κ2) is 6.47. The summed E-state index contributed by atoms with van der Waals surface area (Å²) in [5.74, 6) is -1.41. The number of rotatable bonds is 4. The van der Waals surface area contributed by atoms with Gasteiger partial charge in [0.05, 0.1) is 21.3 Å². The zero-order chi connectivity index (χ0) is 15.4. The van der Waals surface area contributed by atoms with E-state index in [4.69, 9.17) is 28.3 Å². The highest BCUT2D eigenvalue weighted by Crippen LogP contribution is 2.22. The smallest absolute Gasteiger partial charge is 0.335 e. The van der Waals surface area contributed by atoms with Gasteiger partial charge in [0.25, 0.3) is 5.91 Å². The number of amides is 1. The van der Waals surface area contributed by atoms with Crippen molar-refractivity contribution in [3.63, 3.8) is 0 Å². The van der Waals surface area contributed by atoms with Crippen molar-refractivity contribution in [1.82, 2.24) is 5.43 Å². The summed E-state index contributed by atoms with van der Waals surface area (Å²) in [5, 5.41) is 9.43. The molecular weight excluding hydrogens is 315 g/mol. The van der Waals surface area contributed by atoms with Crippen LogP contribution in [-0.2, 0) is 0 Å². The van der Waals surface area contributed by atoms with E-state index in [1.807, 2.05) is 0 Å². The minimum atomic E-state index is -1.01. The summed E-state index contributed by atoms with van der Waals surface area (Å²) in [5.41, 5.74) is 6.21. The third kappa shape index (κ3) is 3.87. The van der Waals surface area contributed by atoms with Gasteiger partial charge in [-0.3, -0.25) is 15.6 Å². The van der Waals surface area contributed by atoms with Crippen molar-refractivity contribution >= 4 is 40.8 Å². The molecule has 0 aromatic heterocycles. The van der Waals surface area contributed by atoms with Crippen LogP contribution in [0, 0.1) is 0 Å². The molecular formula is C14H10Cl2N2O3. The Bertz CT molecular complexity index is 687. The standard InChI is InChI=1S/C14H10Cl2N2O3/c15-11-6-3-9(7-12(11)16)13(19)18-17-10-4-1-8(2-5-10)14(20)21/h1-7,17H,(H,18,19)(H,20,21). The second-order valence-electron chi connectivity index (χ2n) is 4.09. The lowest BCUT2D eigenvalue weighted by Crippen LogP contribution is -2.29. The van der Waals surface area contributed by atoms with E-state index in [1.54, 1.807) is 18.2 Å². The van der Waals surface area contributed by atoms with Crippen molar-refractivity contribution in [2.24, 2.45) is 0 Å². The topological polar surface area (TPSA) is 78.4 Å². The summed E-state index contributed by atoms with van der Waals surface area (Å²) in [6.45, 7) is 0. The highest BCUT2D eigenvalue weighted by molar-refractivity contribution is 6.42. The summed E-state index contributed by atoms with van der Waals surface area (Å²) < 4.78 is 0. The van der Waals surface area contributed by atoms with Crippen LogP contribution in [0.5, 0.6) is 0 Å². The molecule has 0 spiro atoms. The van der Waals surface area contributed by atoms with Crippen LogP contribution in [-0.4, -0.2) is 17.0 Å². The number of carboxylic acids is 1. The Morgan fingerprint density at radius 1 is 0.905 bits per heavy atom. The lowest BCUT2D eigenvalue weighted by Gasteiger charge is -2.09. The summed E-state index contributed by atoms with van der Waals surface area (Å²) in [7, 11) is 0. The molecule has 2 rings (SSSR count). The van der Waals surface area contributed by atoms with Gasteiger partial charge >= 0.3 is 5.97 Å². The van der Waals surface area contributed by atoms with Gasteiger partial charge in [0.1, 0.15) is 0 Å². The number of hydrazine groups is 1. The molecule has 0 atom stereocenters. The molecule has 0 radical (unpaired) electrons. The average Bonchev–Trinajstić information content (AvgIpc) is 2.48. The first kappa shape index (κ1) is 15.2. The Hall–Kier alpha value is -2.24. The molecule has 0 aliphatic heterocycles. The molecule has 0 saturated heterocycles. The second-order valence-corrected chi connectivity index (χ2v) is 4.90. The van der Waals surface area contributed by atoms with E-state index in [0.717, 1.165) is 0 Å². The normalized spacial score (nSPS) is 10.0. The number of carboxylic acid groups (broad SMARTS) is 1. The highest BCUT2D eigenvalue weighted by Gasteiger charge is 2.08. The van der Waals surface area contributed by atoms with E-state index < -0.39 is 11.9 Å². The van der Waals surface area contributed by atoms with Crippen molar-refractivity contribution < 1.29 is 14.7 Å². The van der Waals surface area contributed by atoms with Gasteiger partial charge in [-0.2, -0.15) is 0 Å². The summed E-state index contributed by atoms with van der Waals surface area (Å²) in [6.07, 6.45) is 0. The summed E-state index contributed by atoms with van der Waals surface area (Å²) in [4.78, 5) is 22.6. The molecule has 7 heteroatoms. The van der Waals surface area contributed by atoms with Crippen molar-refractivity contribution in [2.45, 2.75) is 0 Å². The highest BCUT2D eigenvalue weighted by atomic mass is 35.5. The fourth-order valence-electron chi connectivity index (χ4n) is 1.53. The SMILES string of the molecule is O=C(O)c1ccc(NNC(=O)c2ccc(Cl)c(Cl)c2)cc1. The third-order valence-electron chi connectivity index (χ3n) is 2.63. The van der Waals surface area contributed by atoms with Gasteiger partial charge in [-0.25, -0.2) is 4.79 Å². The number of carbonyl (C=O) groups is 2. The molecule has 2 aromatic rings. The molecule has 5 nitrogen and oxygen atoms in total. The van der Waals surface area contributed by atoms with Gasteiger partial charge in [-0.1, -0.05) is 23.2 Å². The maximum atomic E-state index is 11.9. The first-order valence-electron chi connectivity index (χ1n) is 5.82. The van der Waals surface area contributed by atoms with Crippen molar-refractivity contribution in [3.05, 3.63) is 63.6 Å². The Morgan fingerprint density at radius 3 is 2.10 bits per heavy atom. The van der Waals surface area contributed by atoms with Gasteiger partial charge in [0.15, 0.2) is 0 Å². The Kier molecular flexibility index (Phi) is 4.67. The van der Waals surface area contributed by atoms with Crippen LogP contribution in [0.1, 0.15) is 20.7 Å². The zero-order valence-corrected chi connectivity index (χ0v) is 12.1. The van der Waals surface area contributed by atoms with Gasteiger partial charge in [0, 0.05) is 5.56 Å². The average molecular weight is 325 g/mol. The van der Waals surface area contributed by atoms with Gasteiger partial charge in [-0.05, 0) is 42.5 Å². The lowest BCUT2D eigenvalue weighted by molar-refractivity contribution is 0.0696. The van der Waals surface area contributed by atoms with E-state index in [-0.39, 0.29) is 10.6 Å². The zero-order valence-electron chi connectivity index (χ0n) is 10.6. The van der Waals surface area contributed by atoms with Crippen LogP contribution in [0.3, 0.4) is 0 Å².